The molecule has 0 saturated carbocycles. The van der Waals surface area contributed by atoms with Crippen LogP contribution < -0.4 is 11.5 Å². The normalized spacial score (nSPS) is 27.9. The van der Waals surface area contributed by atoms with Gasteiger partial charge in [-0.1, -0.05) is 18.2 Å². The Balaban J connectivity index is 2.15. The second kappa shape index (κ2) is 2.69. The summed E-state index contributed by atoms with van der Waals surface area (Å²) in [6.45, 7) is 1.32. The molecule has 0 aliphatic heterocycles. The molecule has 2 heteroatoms. The summed E-state index contributed by atoms with van der Waals surface area (Å²) in [6.07, 6.45) is 7.82. The van der Waals surface area contributed by atoms with E-state index in [0.717, 1.165) is 6.42 Å². The highest BCUT2D eigenvalue weighted by Gasteiger charge is 2.35. The molecule has 0 spiro atoms. The van der Waals surface area contributed by atoms with Crippen LogP contribution in [0.3, 0.4) is 0 Å². The maximum absolute atomic E-state index is 5.81. The Morgan fingerprint density at radius 1 is 1.21 bits per heavy atom. The van der Waals surface area contributed by atoms with Crippen LogP contribution in [0.25, 0.3) is 0 Å². The molecular weight excluding hydrogens is 172 g/mol. The lowest BCUT2D eigenvalue weighted by Crippen LogP contribution is -2.20. The van der Waals surface area contributed by atoms with Crippen LogP contribution in [0.4, 0.5) is 0 Å². The van der Waals surface area contributed by atoms with E-state index in [1.807, 2.05) is 0 Å². The molecule has 0 saturated heterocycles. The summed E-state index contributed by atoms with van der Waals surface area (Å²) in [5.41, 5.74) is 18.6. The van der Waals surface area contributed by atoms with Gasteiger partial charge in [0.1, 0.15) is 0 Å². The summed E-state index contributed by atoms with van der Waals surface area (Å²) < 4.78 is 0. The predicted molar refractivity (Wildman–Crippen MR) is 57.5 cm³/mol. The first kappa shape index (κ1) is 8.21. The first-order valence-corrected chi connectivity index (χ1v) is 5.10. The van der Waals surface area contributed by atoms with Gasteiger partial charge in [0.25, 0.3) is 0 Å². The number of hydrogen-bond donors (Lipinski definition) is 2. The van der Waals surface area contributed by atoms with E-state index < -0.39 is 0 Å². The van der Waals surface area contributed by atoms with E-state index in [0.29, 0.717) is 19.0 Å². The number of fused-ring (bicyclic) bond motifs is 3. The van der Waals surface area contributed by atoms with E-state index in [9.17, 15) is 0 Å². The van der Waals surface area contributed by atoms with E-state index in [-0.39, 0.29) is 0 Å². The van der Waals surface area contributed by atoms with E-state index in [1.165, 1.54) is 27.9 Å². The van der Waals surface area contributed by atoms with E-state index in [4.69, 9.17) is 11.5 Å². The fourth-order valence-corrected chi connectivity index (χ4v) is 2.76. The maximum atomic E-state index is 5.81. The molecule has 0 heterocycles. The van der Waals surface area contributed by atoms with Gasteiger partial charge < -0.3 is 11.5 Å². The lowest BCUT2D eigenvalue weighted by Gasteiger charge is -2.14. The van der Waals surface area contributed by atoms with Gasteiger partial charge in [0.05, 0.1) is 0 Å². The average Bonchev–Trinajstić information content (AvgIpc) is 2.87. The number of hydrogen-bond acceptors (Lipinski definition) is 2. The first-order valence-electron chi connectivity index (χ1n) is 5.10. The van der Waals surface area contributed by atoms with Crippen molar-refractivity contribution in [2.24, 2.45) is 17.4 Å². The van der Waals surface area contributed by atoms with E-state index in [1.54, 1.807) is 0 Å². The zero-order valence-corrected chi connectivity index (χ0v) is 8.09. The van der Waals surface area contributed by atoms with Gasteiger partial charge in [-0.3, -0.25) is 0 Å². The molecule has 0 fully saturated rings. The van der Waals surface area contributed by atoms with Crippen molar-refractivity contribution < 1.29 is 0 Å². The standard InChI is InChI=1S/C12H14N2/c13-5-9-4-10-7-1-2-8(3-7)12(10)11(9)6-14/h1-2,4,11H,3,5-6,13-14H2. The largest absolute Gasteiger partial charge is 0.330 e. The van der Waals surface area contributed by atoms with Crippen molar-refractivity contribution >= 4 is 0 Å². The molecular formula is C12H14N2. The molecule has 3 aliphatic rings. The van der Waals surface area contributed by atoms with Gasteiger partial charge in [-0.25, -0.2) is 0 Å². The molecule has 2 nitrogen and oxygen atoms in total. The molecule has 1 unspecified atom stereocenters. The molecule has 72 valence electrons. The third-order valence-corrected chi connectivity index (χ3v) is 3.45. The fourth-order valence-electron chi connectivity index (χ4n) is 2.76. The highest BCUT2D eigenvalue weighted by Crippen LogP contribution is 2.48. The zero-order chi connectivity index (χ0) is 9.71. The van der Waals surface area contributed by atoms with Gasteiger partial charge in [-0.15, -0.1) is 0 Å². The Morgan fingerprint density at radius 3 is 2.71 bits per heavy atom. The maximum Gasteiger partial charge on any atom is 0.0196 e. The molecule has 0 radical (unpaired) electrons. The number of allylic oxidation sites excluding steroid dienone is 6. The second-order valence-corrected chi connectivity index (χ2v) is 4.10. The van der Waals surface area contributed by atoms with Crippen molar-refractivity contribution in [2.75, 3.05) is 13.1 Å². The first-order chi connectivity index (χ1) is 6.85. The van der Waals surface area contributed by atoms with Gasteiger partial charge in [0.15, 0.2) is 0 Å². The van der Waals surface area contributed by atoms with Crippen molar-refractivity contribution in [3.05, 3.63) is 46.1 Å². The topological polar surface area (TPSA) is 52.0 Å². The summed E-state index contributed by atoms with van der Waals surface area (Å²) in [5, 5.41) is 0. The molecule has 0 aromatic rings. The monoisotopic (exact) mass is 186 g/mol. The molecule has 14 heavy (non-hydrogen) atoms. The predicted octanol–water partition coefficient (Wildman–Crippen LogP) is 1.03. The van der Waals surface area contributed by atoms with Crippen LogP contribution in [0.1, 0.15) is 6.42 Å². The molecule has 4 N–H and O–H groups in total. The van der Waals surface area contributed by atoms with E-state index >= 15 is 0 Å². The molecule has 0 amide bonds. The number of rotatable bonds is 2. The molecule has 0 aromatic carbocycles. The van der Waals surface area contributed by atoms with Crippen molar-refractivity contribution in [2.45, 2.75) is 6.42 Å². The zero-order valence-electron chi connectivity index (χ0n) is 8.09. The molecule has 2 bridgehead atoms. The summed E-state index contributed by atoms with van der Waals surface area (Å²) in [6, 6.07) is 0. The minimum atomic E-state index is 0.396. The van der Waals surface area contributed by atoms with Gasteiger partial charge >= 0.3 is 0 Å². The second-order valence-electron chi connectivity index (χ2n) is 4.10. The Bertz CT molecular complexity index is 422. The Kier molecular flexibility index (Phi) is 1.58. The fraction of sp³-hybridized carbons (Fsp3) is 0.333. The van der Waals surface area contributed by atoms with Crippen LogP contribution in [0.15, 0.2) is 46.1 Å². The van der Waals surface area contributed by atoms with Crippen molar-refractivity contribution in [3.8, 4) is 0 Å². The van der Waals surface area contributed by atoms with Gasteiger partial charge in [0.2, 0.25) is 0 Å². The third-order valence-electron chi connectivity index (χ3n) is 3.45. The molecule has 3 aliphatic carbocycles. The van der Waals surface area contributed by atoms with Crippen molar-refractivity contribution in [3.63, 3.8) is 0 Å². The highest BCUT2D eigenvalue weighted by molar-refractivity contribution is 5.69. The Morgan fingerprint density at radius 2 is 2.00 bits per heavy atom. The molecule has 1 atom stereocenters. The van der Waals surface area contributed by atoms with Crippen molar-refractivity contribution in [1.29, 1.82) is 0 Å². The van der Waals surface area contributed by atoms with Gasteiger partial charge in [-0.2, -0.15) is 0 Å². The van der Waals surface area contributed by atoms with Crippen LogP contribution in [-0.4, -0.2) is 13.1 Å². The van der Waals surface area contributed by atoms with Crippen molar-refractivity contribution in [1.82, 2.24) is 0 Å². The smallest absolute Gasteiger partial charge is 0.0196 e. The van der Waals surface area contributed by atoms with Crippen LogP contribution in [-0.2, 0) is 0 Å². The summed E-state index contributed by atoms with van der Waals surface area (Å²) in [5.74, 6) is 0.396. The lowest BCUT2D eigenvalue weighted by atomic mass is 9.92. The summed E-state index contributed by atoms with van der Waals surface area (Å²) >= 11 is 0. The summed E-state index contributed by atoms with van der Waals surface area (Å²) in [7, 11) is 0. The van der Waals surface area contributed by atoms with Gasteiger partial charge in [-0.05, 0) is 34.3 Å². The average molecular weight is 186 g/mol. The third kappa shape index (κ3) is 0.825. The van der Waals surface area contributed by atoms with Crippen LogP contribution in [0.5, 0.6) is 0 Å². The minimum Gasteiger partial charge on any atom is -0.330 e. The number of nitrogens with two attached hydrogens (primary N) is 2. The van der Waals surface area contributed by atoms with Crippen LogP contribution in [0, 0.1) is 5.92 Å². The Hall–Kier alpha value is -1.12. The minimum absolute atomic E-state index is 0.396. The van der Waals surface area contributed by atoms with E-state index in [2.05, 4.69) is 18.2 Å². The lowest BCUT2D eigenvalue weighted by molar-refractivity contribution is 0.734. The molecule has 3 rings (SSSR count). The highest BCUT2D eigenvalue weighted by atomic mass is 14.6. The van der Waals surface area contributed by atoms with Gasteiger partial charge in [0, 0.05) is 19.0 Å². The van der Waals surface area contributed by atoms with Crippen LogP contribution >= 0.6 is 0 Å². The SMILES string of the molecule is NCC1=CC2=C3C=CC(=C2C1CN)C3. The summed E-state index contributed by atoms with van der Waals surface area (Å²) in [4.78, 5) is 0. The molecule has 0 aromatic heterocycles. The quantitative estimate of drug-likeness (QED) is 0.676. The Labute approximate surface area is 83.7 Å². The van der Waals surface area contributed by atoms with Crippen LogP contribution in [0.2, 0.25) is 0 Å².